The molecule has 0 radical (unpaired) electrons. The fraction of sp³-hybridized carbons (Fsp3) is 0.421. The fourth-order valence-corrected chi connectivity index (χ4v) is 3.52. The van der Waals surface area contributed by atoms with E-state index in [1.807, 2.05) is 17.0 Å². The van der Waals surface area contributed by atoms with Crippen LogP contribution in [0, 0.1) is 0 Å². The van der Waals surface area contributed by atoms with Crippen LogP contribution in [0.15, 0.2) is 36.8 Å². The van der Waals surface area contributed by atoms with Gasteiger partial charge in [0.2, 0.25) is 0 Å². The summed E-state index contributed by atoms with van der Waals surface area (Å²) in [5, 5.41) is 0. The molecule has 6 nitrogen and oxygen atoms in total. The third-order valence-corrected chi connectivity index (χ3v) is 5.21. The van der Waals surface area contributed by atoms with Gasteiger partial charge in [-0.3, -0.25) is 9.78 Å². The Morgan fingerprint density at radius 2 is 1.96 bits per heavy atom. The van der Waals surface area contributed by atoms with Crippen molar-refractivity contribution in [3.63, 3.8) is 0 Å². The predicted octanol–water partition coefficient (Wildman–Crippen LogP) is 2.32. The Morgan fingerprint density at radius 3 is 2.68 bits per heavy atom. The number of aromatic nitrogens is 2. The second-order valence-corrected chi connectivity index (χ2v) is 6.68. The molecule has 4 rings (SSSR count). The molecule has 2 aliphatic rings. The number of anilines is 1. The van der Waals surface area contributed by atoms with E-state index in [0.29, 0.717) is 24.6 Å². The molecule has 0 bridgehead atoms. The van der Waals surface area contributed by atoms with Crippen LogP contribution in [0.2, 0.25) is 0 Å². The van der Waals surface area contributed by atoms with Crippen LogP contribution in [0.5, 0.6) is 5.75 Å². The van der Waals surface area contributed by atoms with Gasteiger partial charge in [-0.1, -0.05) is 19.1 Å². The Bertz CT molecular complexity index is 772. The number of hydrogen-bond acceptors (Lipinski definition) is 5. The number of hydrogen-bond donors (Lipinski definition) is 0. The second kappa shape index (κ2) is 6.35. The van der Waals surface area contributed by atoms with Crippen molar-refractivity contribution < 1.29 is 9.53 Å². The number of fused-ring (bicyclic) bond motifs is 1. The number of amides is 1. The van der Waals surface area contributed by atoms with E-state index in [0.717, 1.165) is 30.2 Å². The van der Waals surface area contributed by atoms with Crippen molar-refractivity contribution in [1.29, 1.82) is 0 Å². The standard InChI is InChI=1S/C19H22N4O2/c1-13-14(2)25-18-15(13)4-3-5-16(18)19(24)23-10-8-22(9-11-23)17-12-20-6-7-21-17/h3-7,12-14H,8-11H2,1-2H3. The highest BCUT2D eigenvalue weighted by Gasteiger charge is 2.33. The molecule has 0 N–H and O–H groups in total. The minimum atomic E-state index is 0.0527. The number of para-hydroxylation sites is 1. The van der Waals surface area contributed by atoms with Crippen molar-refractivity contribution in [2.24, 2.45) is 0 Å². The molecule has 3 heterocycles. The second-order valence-electron chi connectivity index (χ2n) is 6.68. The third-order valence-electron chi connectivity index (χ3n) is 5.21. The summed E-state index contributed by atoms with van der Waals surface area (Å²) in [6, 6.07) is 5.90. The highest BCUT2D eigenvalue weighted by Crippen LogP contribution is 2.40. The van der Waals surface area contributed by atoms with Crippen LogP contribution in [-0.2, 0) is 0 Å². The van der Waals surface area contributed by atoms with E-state index < -0.39 is 0 Å². The SMILES string of the molecule is CC1Oc2c(C(=O)N3CCN(c4cnccn4)CC3)cccc2C1C. The van der Waals surface area contributed by atoms with Gasteiger partial charge in [0.15, 0.2) is 0 Å². The van der Waals surface area contributed by atoms with Crippen molar-refractivity contribution in [1.82, 2.24) is 14.9 Å². The molecule has 0 spiro atoms. The van der Waals surface area contributed by atoms with Gasteiger partial charge in [0.25, 0.3) is 5.91 Å². The summed E-state index contributed by atoms with van der Waals surface area (Å²) in [7, 11) is 0. The lowest BCUT2D eigenvalue weighted by molar-refractivity contribution is 0.0741. The zero-order valence-corrected chi connectivity index (χ0v) is 14.6. The first-order valence-electron chi connectivity index (χ1n) is 8.75. The highest BCUT2D eigenvalue weighted by molar-refractivity contribution is 5.97. The summed E-state index contributed by atoms with van der Waals surface area (Å²) >= 11 is 0. The maximum Gasteiger partial charge on any atom is 0.257 e. The van der Waals surface area contributed by atoms with Gasteiger partial charge in [0.1, 0.15) is 17.7 Å². The van der Waals surface area contributed by atoms with Crippen LogP contribution in [-0.4, -0.2) is 53.1 Å². The molecule has 2 atom stereocenters. The molecule has 0 aliphatic carbocycles. The van der Waals surface area contributed by atoms with Gasteiger partial charge >= 0.3 is 0 Å². The lowest BCUT2D eigenvalue weighted by Crippen LogP contribution is -2.49. The molecule has 2 aromatic rings. The maximum atomic E-state index is 13.0. The van der Waals surface area contributed by atoms with Crippen LogP contribution >= 0.6 is 0 Å². The number of ether oxygens (including phenoxy) is 1. The van der Waals surface area contributed by atoms with Gasteiger partial charge in [-0.2, -0.15) is 0 Å². The van der Waals surface area contributed by atoms with E-state index in [9.17, 15) is 4.79 Å². The summed E-state index contributed by atoms with van der Waals surface area (Å²) in [5.74, 6) is 2.00. The number of carbonyl (C=O) groups is 1. The van der Waals surface area contributed by atoms with Gasteiger partial charge < -0.3 is 14.5 Å². The zero-order valence-electron chi connectivity index (χ0n) is 14.6. The lowest BCUT2D eigenvalue weighted by atomic mass is 9.96. The third kappa shape index (κ3) is 2.81. The predicted molar refractivity (Wildman–Crippen MR) is 95.1 cm³/mol. The molecule has 1 saturated heterocycles. The van der Waals surface area contributed by atoms with Crippen molar-refractivity contribution in [2.75, 3.05) is 31.1 Å². The van der Waals surface area contributed by atoms with Crippen molar-refractivity contribution in [3.8, 4) is 5.75 Å². The molecule has 130 valence electrons. The molecule has 6 heteroatoms. The van der Waals surface area contributed by atoms with Crippen LogP contribution < -0.4 is 9.64 Å². The summed E-state index contributed by atoms with van der Waals surface area (Å²) < 4.78 is 5.98. The topological polar surface area (TPSA) is 58.6 Å². The van der Waals surface area contributed by atoms with Crippen LogP contribution in [0.3, 0.4) is 0 Å². The van der Waals surface area contributed by atoms with Crippen molar-refractivity contribution >= 4 is 11.7 Å². The monoisotopic (exact) mass is 338 g/mol. The Kier molecular flexibility index (Phi) is 4.03. The molecule has 25 heavy (non-hydrogen) atoms. The van der Waals surface area contributed by atoms with Crippen molar-refractivity contribution in [3.05, 3.63) is 47.9 Å². The van der Waals surface area contributed by atoms with Gasteiger partial charge in [-0.25, -0.2) is 4.98 Å². The number of carbonyl (C=O) groups excluding carboxylic acids is 1. The molecule has 2 unspecified atom stereocenters. The quantitative estimate of drug-likeness (QED) is 0.841. The lowest BCUT2D eigenvalue weighted by Gasteiger charge is -2.35. The Morgan fingerprint density at radius 1 is 1.16 bits per heavy atom. The van der Waals surface area contributed by atoms with Gasteiger partial charge in [-0.05, 0) is 13.0 Å². The van der Waals surface area contributed by atoms with E-state index in [1.165, 1.54) is 0 Å². The minimum Gasteiger partial charge on any atom is -0.489 e. The van der Waals surface area contributed by atoms with E-state index in [4.69, 9.17) is 4.74 Å². The molecule has 1 aromatic carbocycles. The number of rotatable bonds is 2. The molecule has 2 aliphatic heterocycles. The van der Waals surface area contributed by atoms with Gasteiger partial charge in [0.05, 0.1) is 11.8 Å². The molecule has 0 saturated carbocycles. The number of piperazine rings is 1. The number of benzene rings is 1. The largest absolute Gasteiger partial charge is 0.489 e. The Balaban J connectivity index is 1.49. The molecule has 1 fully saturated rings. The van der Waals surface area contributed by atoms with Gasteiger partial charge in [0, 0.05) is 50.1 Å². The first kappa shape index (κ1) is 15.9. The molecule has 1 amide bonds. The fourth-order valence-electron chi connectivity index (χ4n) is 3.52. The first-order chi connectivity index (χ1) is 12.1. The van der Waals surface area contributed by atoms with E-state index >= 15 is 0 Å². The molecular formula is C19H22N4O2. The van der Waals surface area contributed by atoms with Crippen LogP contribution in [0.1, 0.15) is 35.7 Å². The van der Waals surface area contributed by atoms with E-state index in [2.05, 4.69) is 34.8 Å². The minimum absolute atomic E-state index is 0.0527. The van der Waals surface area contributed by atoms with Crippen molar-refractivity contribution in [2.45, 2.75) is 25.9 Å². The van der Waals surface area contributed by atoms with E-state index in [1.54, 1.807) is 18.6 Å². The summed E-state index contributed by atoms with van der Waals surface area (Å²) in [5.41, 5.74) is 1.82. The summed E-state index contributed by atoms with van der Waals surface area (Å²) in [4.78, 5) is 25.5. The Hall–Kier alpha value is -2.63. The summed E-state index contributed by atoms with van der Waals surface area (Å²) in [6.07, 6.45) is 5.23. The average molecular weight is 338 g/mol. The number of nitrogens with zero attached hydrogens (tertiary/aromatic N) is 4. The smallest absolute Gasteiger partial charge is 0.257 e. The maximum absolute atomic E-state index is 13.0. The normalized spacial score (nSPS) is 22.5. The Labute approximate surface area is 147 Å². The van der Waals surface area contributed by atoms with Gasteiger partial charge in [-0.15, -0.1) is 0 Å². The van der Waals surface area contributed by atoms with Crippen LogP contribution in [0.25, 0.3) is 0 Å². The summed E-state index contributed by atoms with van der Waals surface area (Å²) in [6.45, 7) is 7.05. The zero-order chi connectivity index (χ0) is 17.4. The first-order valence-corrected chi connectivity index (χ1v) is 8.75. The highest BCUT2D eigenvalue weighted by atomic mass is 16.5. The van der Waals surface area contributed by atoms with Crippen LogP contribution in [0.4, 0.5) is 5.82 Å². The molecular weight excluding hydrogens is 316 g/mol. The van der Waals surface area contributed by atoms with E-state index in [-0.39, 0.29) is 12.0 Å². The molecule has 1 aromatic heterocycles. The average Bonchev–Trinajstić information content (AvgIpc) is 2.96.